The van der Waals surface area contributed by atoms with Crippen LogP contribution in [0.5, 0.6) is 5.75 Å². The lowest BCUT2D eigenvalue weighted by Crippen LogP contribution is -2.29. The molecule has 0 saturated carbocycles. The molecule has 1 aliphatic rings. The van der Waals surface area contributed by atoms with Crippen LogP contribution >= 0.6 is 22.9 Å². The van der Waals surface area contributed by atoms with E-state index < -0.39 is 17.7 Å². The Hall–Kier alpha value is -3.62. The molecule has 5 rings (SSSR count). The minimum Gasteiger partial charge on any atom is -0.507 e. The van der Waals surface area contributed by atoms with Crippen molar-refractivity contribution < 1.29 is 23.8 Å². The number of aryl methyl sites for hydroxylation is 1. The van der Waals surface area contributed by atoms with E-state index in [0.717, 1.165) is 4.70 Å². The van der Waals surface area contributed by atoms with E-state index in [1.807, 2.05) is 13.0 Å². The van der Waals surface area contributed by atoms with Crippen LogP contribution in [0.25, 0.3) is 16.0 Å². The molecule has 2 aromatic carbocycles. The number of hydrogen-bond donors (Lipinski definition) is 1. The molecule has 3 heterocycles. The summed E-state index contributed by atoms with van der Waals surface area (Å²) in [4.78, 5) is 32.3. The maximum absolute atomic E-state index is 13.3. The summed E-state index contributed by atoms with van der Waals surface area (Å²) in [6.45, 7) is 4.18. The minimum absolute atomic E-state index is 0.0732. The fraction of sp³-hybridized carbons (Fsp3) is 0.160. The average molecular weight is 495 g/mol. The molecular formula is C25H19ClN2O5S. The second-order valence-corrected chi connectivity index (χ2v) is 9.13. The van der Waals surface area contributed by atoms with E-state index in [1.54, 1.807) is 55.5 Å². The number of halogens is 1. The Morgan fingerprint density at radius 3 is 2.62 bits per heavy atom. The molecule has 0 bridgehead atoms. The molecule has 1 unspecified atom stereocenters. The fourth-order valence-electron chi connectivity index (χ4n) is 3.91. The number of aliphatic hydroxyl groups excluding tert-OH is 1. The van der Waals surface area contributed by atoms with Gasteiger partial charge in [0.25, 0.3) is 5.78 Å². The molecule has 172 valence electrons. The molecule has 1 fully saturated rings. The smallest absolute Gasteiger partial charge is 0.302 e. The molecule has 1 N–H and O–H groups in total. The third-order valence-corrected chi connectivity index (χ3v) is 6.73. The maximum Gasteiger partial charge on any atom is 0.302 e. The number of ether oxygens (including phenoxy) is 1. The summed E-state index contributed by atoms with van der Waals surface area (Å²) in [6.07, 6.45) is 0. The molecule has 0 aliphatic carbocycles. The number of ketones is 1. The van der Waals surface area contributed by atoms with Crippen LogP contribution in [0, 0.1) is 6.92 Å². The van der Waals surface area contributed by atoms with Crippen LogP contribution in [0.2, 0.25) is 5.02 Å². The highest BCUT2D eigenvalue weighted by Crippen LogP contribution is 2.45. The second kappa shape index (κ2) is 8.62. The lowest BCUT2D eigenvalue weighted by molar-refractivity contribution is -0.132. The zero-order valence-corrected chi connectivity index (χ0v) is 19.8. The number of furan rings is 1. The summed E-state index contributed by atoms with van der Waals surface area (Å²) in [7, 11) is 0. The zero-order chi connectivity index (χ0) is 24.0. The van der Waals surface area contributed by atoms with Crippen molar-refractivity contribution in [2.24, 2.45) is 0 Å². The van der Waals surface area contributed by atoms with Gasteiger partial charge in [-0.15, -0.1) is 0 Å². The molecule has 34 heavy (non-hydrogen) atoms. The molecule has 1 amide bonds. The predicted molar refractivity (Wildman–Crippen MR) is 130 cm³/mol. The number of nitrogens with zero attached hydrogens (tertiary/aromatic N) is 2. The summed E-state index contributed by atoms with van der Waals surface area (Å²) in [5.41, 5.74) is 0.953. The highest BCUT2D eigenvalue weighted by Gasteiger charge is 2.49. The summed E-state index contributed by atoms with van der Waals surface area (Å²) >= 11 is 7.23. The molecule has 4 aromatic rings. The normalized spacial score (nSPS) is 17.6. The lowest BCUT2D eigenvalue weighted by atomic mass is 9.99. The van der Waals surface area contributed by atoms with Gasteiger partial charge in [0, 0.05) is 10.6 Å². The van der Waals surface area contributed by atoms with E-state index in [1.165, 1.54) is 16.2 Å². The first-order valence-corrected chi connectivity index (χ1v) is 11.7. The molecule has 1 atom stereocenters. The molecule has 9 heteroatoms. The van der Waals surface area contributed by atoms with Crippen LogP contribution in [0.1, 0.15) is 30.0 Å². The number of aliphatic hydroxyl groups is 1. The molecule has 0 radical (unpaired) electrons. The van der Waals surface area contributed by atoms with Crippen molar-refractivity contribution in [1.29, 1.82) is 0 Å². The van der Waals surface area contributed by atoms with Crippen LogP contribution in [-0.4, -0.2) is 28.4 Å². The molecule has 1 saturated heterocycles. The van der Waals surface area contributed by atoms with Gasteiger partial charge in [-0.05, 0) is 68.4 Å². The van der Waals surface area contributed by atoms with Gasteiger partial charge in [0.15, 0.2) is 5.13 Å². The van der Waals surface area contributed by atoms with E-state index in [4.69, 9.17) is 20.8 Å². The number of rotatable bonds is 5. The number of carbonyl (C=O) groups excluding carboxylic acids is 2. The molecule has 0 spiro atoms. The summed E-state index contributed by atoms with van der Waals surface area (Å²) in [5.74, 6) is -0.275. The Kier molecular flexibility index (Phi) is 5.63. The van der Waals surface area contributed by atoms with Crippen LogP contribution in [0.4, 0.5) is 5.13 Å². The lowest BCUT2D eigenvalue weighted by Gasteiger charge is -2.20. The Balaban J connectivity index is 1.68. The first kappa shape index (κ1) is 22.2. The van der Waals surface area contributed by atoms with E-state index >= 15 is 0 Å². The van der Waals surface area contributed by atoms with E-state index in [9.17, 15) is 14.7 Å². The SMILES string of the molecule is CCOc1ccc2nc(N3C(=O)C(=O)/C(=C(/O)c4ccc(Cl)cc4)C3c3ccc(C)o3)sc2c1. The van der Waals surface area contributed by atoms with Gasteiger partial charge >= 0.3 is 5.91 Å². The van der Waals surface area contributed by atoms with Crippen molar-refractivity contribution in [2.75, 3.05) is 11.5 Å². The van der Waals surface area contributed by atoms with Gasteiger partial charge in [0.2, 0.25) is 0 Å². The fourth-order valence-corrected chi connectivity index (χ4v) is 5.06. The number of thiazole rings is 1. The van der Waals surface area contributed by atoms with Crippen LogP contribution in [0.15, 0.2) is 64.6 Å². The highest BCUT2D eigenvalue weighted by atomic mass is 35.5. The van der Waals surface area contributed by atoms with Gasteiger partial charge in [0.05, 0.1) is 22.4 Å². The van der Waals surface area contributed by atoms with Crippen molar-refractivity contribution in [3.05, 3.63) is 82.3 Å². The van der Waals surface area contributed by atoms with Gasteiger partial charge in [-0.3, -0.25) is 14.5 Å². The Morgan fingerprint density at radius 1 is 1.18 bits per heavy atom. The number of hydrogen-bond acceptors (Lipinski definition) is 7. The molecule has 1 aliphatic heterocycles. The Bertz CT molecular complexity index is 1450. The van der Waals surface area contributed by atoms with Crippen molar-refractivity contribution in [3.8, 4) is 5.75 Å². The number of Topliss-reactive ketones (excluding diaryl/α,β-unsaturated/α-hetero) is 1. The number of carbonyl (C=O) groups is 2. The summed E-state index contributed by atoms with van der Waals surface area (Å²) in [6, 6.07) is 14.3. The van der Waals surface area contributed by atoms with Crippen molar-refractivity contribution in [1.82, 2.24) is 4.98 Å². The van der Waals surface area contributed by atoms with Gasteiger partial charge in [-0.1, -0.05) is 22.9 Å². The van der Waals surface area contributed by atoms with Crippen LogP contribution in [-0.2, 0) is 9.59 Å². The largest absolute Gasteiger partial charge is 0.507 e. The second-order valence-electron chi connectivity index (χ2n) is 7.68. The predicted octanol–water partition coefficient (Wildman–Crippen LogP) is 5.88. The van der Waals surface area contributed by atoms with Crippen LogP contribution in [0.3, 0.4) is 0 Å². The van der Waals surface area contributed by atoms with E-state index in [0.29, 0.717) is 45.1 Å². The Morgan fingerprint density at radius 2 is 1.94 bits per heavy atom. The molecule has 7 nitrogen and oxygen atoms in total. The van der Waals surface area contributed by atoms with E-state index in [-0.39, 0.29) is 11.3 Å². The number of fused-ring (bicyclic) bond motifs is 1. The third-order valence-electron chi connectivity index (χ3n) is 5.46. The maximum atomic E-state index is 13.3. The van der Waals surface area contributed by atoms with Gasteiger partial charge < -0.3 is 14.3 Å². The number of amides is 1. The first-order valence-electron chi connectivity index (χ1n) is 10.5. The monoisotopic (exact) mass is 494 g/mol. The number of aromatic nitrogens is 1. The van der Waals surface area contributed by atoms with Gasteiger partial charge in [-0.25, -0.2) is 4.98 Å². The zero-order valence-electron chi connectivity index (χ0n) is 18.2. The topological polar surface area (TPSA) is 92.9 Å². The van der Waals surface area contributed by atoms with Crippen molar-refractivity contribution in [2.45, 2.75) is 19.9 Å². The third kappa shape index (κ3) is 3.74. The van der Waals surface area contributed by atoms with E-state index in [2.05, 4.69) is 4.98 Å². The number of benzene rings is 2. The summed E-state index contributed by atoms with van der Waals surface area (Å²) in [5, 5.41) is 11.9. The average Bonchev–Trinajstić information content (AvgIpc) is 3.50. The molecule has 2 aromatic heterocycles. The summed E-state index contributed by atoms with van der Waals surface area (Å²) < 4.78 is 12.2. The molecular weight excluding hydrogens is 476 g/mol. The quantitative estimate of drug-likeness (QED) is 0.212. The van der Waals surface area contributed by atoms with Crippen LogP contribution < -0.4 is 9.64 Å². The number of anilines is 1. The first-order chi connectivity index (χ1) is 16.4. The highest BCUT2D eigenvalue weighted by molar-refractivity contribution is 7.22. The van der Waals surface area contributed by atoms with Crippen molar-refractivity contribution in [3.63, 3.8) is 0 Å². The van der Waals surface area contributed by atoms with Gasteiger partial charge in [-0.2, -0.15) is 0 Å². The van der Waals surface area contributed by atoms with Crippen molar-refractivity contribution >= 4 is 55.7 Å². The van der Waals surface area contributed by atoms with Gasteiger partial charge in [0.1, 0.15) is 29.1 Å². The minimum atomic E-state index is -0.976. The standard InChI is InChI=1S/C25H19ClN2O5S/c1-3-32-16-9-10-17-19(12-16)34-25(27-17)28-21(18-11-4-13(2)33-18)20(23(30)24(28)31)22(29)14-5-7-15(26)8-6-14/h4-12,21,29H,3H2,1-2H3/b22-20+. The Labute approximate surface area is 203 Å².